The lowest BCUT2D eigenvalue weighted by Gasteiger charge is -2.09. The Balaban J connectivity index is 1.56. The summed E-state index contributed by atoms with van der Waals surface area (Å²) in [7, 11) is 0. The van der Waals surface area contributed by atoms with Crippen LogP contribution in [-0.2, 0) is 16.1 Å². The zero-order chi connectivity index (χ0) is 20.8. The van der Waals surface area contributed by atoms with Gasteiger partial charge in [0.25, 0.3) is 5.91 Å². The molecule has 0 spiro atoms. The van der Waals surface area contributed by atoms with E-state index in [2.05, 4.69) is 9.69 Å². The Kier molecular flexibility index (Phi) is 6.72. The molecule has 3 aromatic rings. The van der Waals surface area contributed by atoms with E-state index < -0.39 is 17.7 Å². The number of esters is 1. The van der Waals surface area contributed by atoms with Crippen molar-refractivity contribution in [2.24, 2.45) is 0 Å². The van der Waals surface area contributed by atoms with Crippen molar-refractivity contribution in [1.82, 2.24) is 9.69 Å². The van der Waals surface area contributed by atoms with Crippen molar-refractivity contribution in [2.75, 3.05) is 6.54 Å². The highest BCUT2D eigenvalue weighted by Crippen LogP contribution is 2.30. The highest BCUT2D eigenvalue weighted by molar-refractivity contribution is 7.06. The first kappa shape index (κ1) is 20.7. The summed E-state index contributed by atoms with van der Waals surface area (Å²) in [6.45, 7) is 4.06. The van der Waals surface area contributed by atoms with Crippen molar-refractivity contribution >= 4 is 23.4 Å². The van der Waals surface area contributed by atoms with Gasteiger partial charge in [-0.15, -0.1) is 0 Å². The van der Waals surface area contributed by atoms with Gasteiger partial charge in [0, 0.05) is 22.5 Å². The van der Waals surface area contributed by atoms with Crippen LogP contribution in [0, 0.1) is 19.7 Å². The lowest BCUT2D eigenvalue weighted by Crippen LogP contribution is -2.26. The number of halogens is 1. The Bertz CT molecular complexity index is 999. The zero-order valence-corrected chi connectivity index (χ0v) is 17.0. The molecule has 0 saturated carbocycles. The van der Waals surface area contributed by atoms with Crippen molar-refractivity contribution in [2.45, 2.75) is 26.9 Å². The second-order valence-electron chi connectivity index (χ2n) is 6.58. The van der Waals surface area contributed by atoms with E-state index in [1.165, 1.54) is 23.7 Å². The van der Waals surface area contributed by atoms with E-state index in [1.54, 1.807) is 6.07 Å². The molecule has 0 aliphatic heterocycles. The quantitative estimate of drug-likeness (QED) is 0.583. The molecular formula is C22H21FN2O3S. The topological polar surface area (TPSA) is 68.3 Å². The number of nitrogens with one attached hydrogen (secondary N) is 1. The number of aromatic nitrogens is 1. The minimum Gasteiger partial charge on any atom is -0.461 e. The van der Waals surface area contributed by atoms with Crippen LogP contribution in [0.4, 0.5) is 4.39 Å². The second-order valence-corrected chi connectivity index (χ2v) is 7.56. The number of hydrogen-bond donors (Lipinski definition) is 1. The molecule has 7 heteroatoms. The summed E-state index contributed by atoms with van der Waals surface area (Å²) in [5.74, 6) is -1.36. The molecule has 150 valence electrons. The van der Waals surface area contributed by atoms with Gasteiger partial charge in [0.1, 0.15) is 12.4 Å². The average Bonchev–Trinajstić information content (AvgIpc) is 3.04. The van der Waals surface area contributed by atoms with E-state index >= 15 is 0 Å². The van der Waals surface area contributed by atoms with Crippen molar-refractivity contribution in [3.63, 3.8) is 0 Å². The fraction of sp³-hybridized carbons (Fsp3) is 0.227. The van der Waals surface area contributed by atoms with Crippen LogP contribution in [0.5, 0.6) is 0 Å². The van der Waals surface area contributed by atoms with Crippen molar-refractivity contribution < 1.29 is 18.7 Å². The lowest BCUT2D eigenvalue weighted by atomic mass is 10.0. The predicted molar refractivity (Wildman–Crippen MR) is 110 cm³/mol. The Labute approximate surface area is 172 Å². The third-order valence-electron chi connectivity index (χ3n) is 4.34. The van der Waals surface area contributed by atoms with Gasteiger partial charge in [-0.1, -0.05) is 30.3 Å². The van der Waals surface area contributed by atoms with Gasteiger partial charge in [0.05, 0.1) is 12.1 Å². The number of ether oxygens (including phenoxy) is 1. The van der Waals surface area contributed by atoms with Gasteiger partial charge in [-0.05, 0) is 54.7 Å². The summed E-state index contributed by atoms with van der Waals surface area (Å²) in [6.07, 6.45) is 0.0351. The second kappa shape index (κ2) is 9.43. The predicted octanol–water partition coefficient (Wildman–Crippen LogP) is 4.43. The summed E-state index contributed by atoms with van der Waals surface area (Å²) in [5.41, 5.74) is 3.34. The molecule has 0 bridgehead atoms. The van der Waals surface area contributed by atoms with Crippen LogP contribution in [0.25, 0.3) is 11.1 Å². The number of benzene rings is 2. The molecule has 0 saturated heterocycles. The third-order valence-corrected chi connectivity index (χ3v) is 5.18. The van der Waals surface area contributed by atoms with Gasteiger partial charge in [-0.3, -0.25) is 9.59 Å². The Morgan fingerprint density at radius 2 is 1.90 bits per heavy atom. The first-order chi connectivity index (χ1) is 13.9. The van der Waals surface area contributed by atoms with Crippen molar-refractivity contribution in [3.05, 3.63) is 76.0 Å². The highest BCUT2D eigenvalue weighted by atomic mass is 32.1. The van der Waals surface area contributed by atoms with Crippen LogP contribution < -0.4 is 5.32 Å². The molecule has 1 N–H and O–H groups in total. The number of hydrogen-bond acceptors (Lipinski definition) is 5. The summed E-state index contributed by atoms with van der Waals surface area (Å²) in [5, 5.41) is 2.64. The minimum absolute atomic E-state index is 0.0351. The van der Waals surface area contributed by atoms with E-state index in [-0.39, 0.29) is 25.1 Å². The first-order valence-electron chi connectivity index (χ1n) is 9.15. The molecule has 0 fully saturated rings. The molecule has 0 unspecified atom stereocenters. The molecular weight excluding hydrogens is 391 g/mol. The molecule has 0 atom stereocenters. The van der Waals surface area contributed by atoms with Crippen LogP contribution >= 0.6 is 11.5 Å². The number of nitrogens with zero attached hydrogens (tertiary/aromatic N) is 1. The van der Waals surface area contributed by atoms with Crippen LogP contribution in [0.3, 0.4) is 0 Å². The Morgan fingerprint density at radius 3 is 2.59 bits per heavy atom. The number of rotatable bonds is 7. The van der Waals surface area contributed by atoms with Crippen LogP contribution in [0.1, 0.15) is 32.9 Å². The smallest absolute Gasteiger partial charge is 0.307 e. The van der Waals surface area contributed by atoms with Crippen LogP contribution in [-0.4, -0.2) is 22.8 Å². The summed E-state index contributed by atoms with van der Waals surface area (Å²) in [4.78, 5) is 25.2. The molecule has 1 heterocycles. The summed E-state index contributed by atoms with van der Waals surface area (Å²) < 4.78 is 23.5. The van der Waals surface area contributed by atoms with Crippen LogP contribution in [0.2, 0.25) is 0 Å². The lowest BCUT2D eigenvalue weighted by molar-refractivity contribution is -0.144. The molecule has 0 aliphatic carbocycles. The summed E-state index contributed by atoms with van der Waals surface area (Å²) in [6, 6.07) is 13.5. The molecule has 0 aliphatic rings. The molecule has 1 aromatic heterocycles. The Hall–Kier alpha value is -3.06. The van der Waals surface area contributed by atoms with E-state index in [0.29, 0.717) is 5.56 Å². The SMILES string of the molecule is Cc1nsc(C)c1-c1cc(F)cc(C(=O)NCCC(=O)OCc2ccccc2)c1. The average molecular weight is 412 g/mol. The fourth-order valence-corrected chi connectivity index (χ4v) is 3.67. The molecule has 1 amide bonds. The number of amides is 1. The third kappa shape index (κ3) is 5.48. The first-order valence-corrected chi connectivity index (χ1v) is 9.93. The van der Waals surface area contributed by atoms with Gasteiger partial charge in [0.2, 0.25) is 0 Å². The fourth-order valence-electron chi connectivity index (χ4n) is 2.95. The largest absolute Gasteiger partial charge is 0.461 e. The monoisotopic (exact) mass is 412 g/mol. The standard InChI is InChI=1S/C22H21FN2O3S/c1-14-21(15(2)29-25-14)17-10-18(12-19(23)11-17)22(27)24-9-8-20(26)28-13-16-6-4-3-5-7-16/h3-7,10-12H,8-9,13H2,1-2H3,(H,24,27). The van der Waals surface area contributed by atoms with Crippen LogP contribution in [0.15, 0.2) is 48.5 Å². The zero-order valence-electron chi connectivity index (χ0n) is 16.2. The molecule has 2 aromatic carbocycles. The minimum atomic E-state index is -0.500. The maximum atomic E-state index is 14.1. The molecule has 0 radical (unpaired) electrons. The van der Waals surface area contributed by atoms with Gasteiger partial charge >= 0.3 is 5.97 Å². The summed E-state index contributed by atoms with van der Waals surface area (Å²) >= 11 is 1.34. The molecule has 5 nitrogen and oxygen atoms in total. The van der Waals surface area contributed by atoms with E-state index in [4.69, 9.17) is 4.74 Å². The number of carbonyl (C=O) groups excluding carboxylic acids is 2. The van der Waals surface area contributed by atoms with Gasteiger partial charge < -0.3 is 10.1 Å². The molecule has 29 heavy (non-hydrogen) atoms. The maximum Gasteiger partial charge on any atom is 0.307 e. The van der Waals surface area contributed by atoms with Crippen molar-refractivity contribution in [3.8, 4) is 11.1 Å². The maximum absolute atomic E-state index is 14.1. The Morgan fingerprint density at radius 1 is 1.14 bits per heavy atom. The number of carbonyl (C=O) groups is 2. The van der Waals surface area contributed by atoms with E-state index in [9.17, 15) is 14.0 Å². The number of aryl methyl sites for hydroxylation is 2. The highest BCUT2D eigenvalue weighted by Gasteiger charge is 2.15. The van der Waals surface area contributed by atoms with Crippen molar-refractivity contribution in [1.29, 1.82) is 0 Å². The molecule has 3 rings (SSSR count). The van der Waals surface area contributed by atoms with E-state index in [1.807, 2.05) is 44.2 Å². The van der Waals surface area contributed by atoms with Gasteiger partial charge in [-0.2, -0.15) is 4.37 Å². The van der Waals surface area contributed by atoms with E-state index in [0.717, 1.165) is 21.7 Å². The normalized spacial score (nSPS) is 10.6. The van der Waals surface area contributed by atoms with Gasteiger partial charge in [0.15, 0.2) is 0 Å². The van der Waals surface area contributed by atoms with Gasteiger partial charge in [-0.25, -0.2) is 4.39 Å².